The van der Waals surface area contributed by atoms with Gasteiger partial charge in [-0.1, -0.05) is 44.5 Å². The van der Waals surface area contributed by atoms with Crippen molar-refractivity contribution in [3.05, 3.63) is 71.3 Å². The SMILES string of the molecule is CNC(=O)c1cncc(-c2cnc(Cl)c(NS(=O)(=O)c3ccc(C(C)(C)C)cc3)c2)c1. The van der Waals surface area contributed by atoms with Crippen LogP contribution in [0.5, 0.6) is 0 Å². The van der Waals surface area contributed by atoms with Crippen LogP contribution in [0, 0.1) is 0 Å². The molecule has 0 fully saturated rings. The highest BCUT2D eigenvalue weighted by atomic mass is 35.5. The topological polar surface area (TPSA) is 101 Å². The zero-order valence-corrected chi connectivity index (χ0v) is 19.2. The number of hydrogen-bond acceptors (Lipinski definition) is 5. The Morgan fingerprint density at radius 2 is 1.65 bits per heavy atom. The molecule has 0 bridgehead atoms. The van der Waals surface area contributed by atoms with Crippen LogP contribution in [-0.4, -0.2) is 31.3 Å². The molecule has 9 heteroatoms. The van der Waals surface area contributed by atoms with Gasteiger partial charge in [0.2, 0.25) is 0 Å². The van der Waals surface area contributed by atoms with Gasteiger partial charge in [-0.15, -0.1) is 0 Å². The molecule has 162 valence electrons. The van der Waals surface area contributed by atoms with Gasteiger partial charge in [-0.05, 0) is 35.2 Å². The maximum absolute atomic E-state index is 12.9. The largest absolute Gasteiger partial charge is 0.355 e. The van der Waals surface area contributed by atoms with E-state index in [1.165, 1.54) is 19.4 Å². The minimum atomic E-state index is -3.88. The van der Waals surface area contributed by atoms with Crippen LogP contribution in [-0.2, 0) is 15.4 Å². The van der Waals surface area contributed by atoms with Crippen molar-refractivity contribution in [1.29, 1.82) is 0 Å². The van der Waals surface area contributed by atoms with Gasteiger partial charge in [-0.25, -0.2) is 13.4 Å². The van der Waals surface area contributed by atoms with Crippen molar-refractivity contribution < 1.29 is 13.2 Å². The molecule has 3 rings (SSSR count). The normalized spacial score (nSPS) is 11.8. The quantitative estimate of drug-likeness (QED) is 0.556. The summed E-state index contributed by atoms with van der Waals surface area (Å²) in [6, 6.07) is 9.90. The lowest BCUT2D eigenvalue weighted by Gasteiger charge is -2.19. The van der Waals surface area contributed by atoms with E-state index in [2.05, 4.69) is 40.8 Å². The van der Waals surface area contributed by atoms with Gasteiger partial charge in [0.05, 0.1) is 16.1 Å². The van der Waals surface area contributed by atoms with Gasteiger partial charge in [-0.2, -0.15) is 0 Å². The number of benzene rings is 1. The summed E-state index contributed by atoms with van der Waals surface area (Å²) < 4.78 is 28.3. The highest BCUT2D eigenvalue weighted by Crippen LogP contribution is 2.29. The first-order valence-electron chi connectivity index (χ1n) is 9.47. The Balaban J connectivity index is 1.93. The maximum atomic E-state index is 12.9. The molecule has 0 saturated carbocycles. The summed E-state index contributed by atoms with van der Waals surface area (Å²) >= 11 is 6.15. The maximum Gasteiger partial charge on any atom is 0.261 e. The molecular formula is C22H23ClN4O3S. The third-order valence-corrected chi connectivity index (χ3v) is 6.36. The third kappa shape index (κ3) is 5.21. The Hall–Kier alpha value is -2.97. The Labute approximate surface area is 186 Å². The second-order valence-corrected chi connectivity index (χ2v) is 10.0. The number of carbonyl (C=O) groups excluding carboxylic acids is 1. The minimum Gasteiger partial charge on any atom is -0.355 e. The molecule has 2 aromatic heterocycles. The Bertz CT molecular complexity index is 1220. The monoisotopic (exact) mass is 458 g/mol. The third-order valence-electron chi connectivity index (χ3n) is 4.67. The fourth-order valence-corrected chi connectivity index (χ4v) is 4.15. The number of pyridine rings is 2. The summed E-state index contributed by atoms with van der Waals surface area (Å²) in [5.74, 6) is -0.282. The van der Waals surface area contributed by atoms with Crippen molar-refractivity contribution in [1.82, 2.24) is 15.3 Å². The molecule has 31 heavy (non-hydrogen) atoms. The molecule has 2 N–H and O–H groups in total. The van der Waals surface area contributed by atoms with E-state index in [1.54, 1.807) is 42.6 Å². The molecular weight excluding hydrogens is 436 g/mol. The van der Waals surface area contributed by atoms with Crippen molar-refractivity contribution in [2.75, 3.05) is 11.8 Å². The zero-order chi connectivity index (χ0) is 22.8. The molecule has 1 amide bonds. The predicted molar refractivity (Wildman–Crippen MR) is 122 cm³/mol. The molecule has 0 radical (unpaired) electrons. The number of carbonyl (C=O) groups is 1. The molecule has 0 unspecified atom stereocenters. The number of hydrogen-bond donors (Lipinski definition) is 2. The van der Waals surface area contributed by atoms with Crippen molar-refractivity contribution in [2.24, 2.45) is 0 Å². The molecule has 0 atom stereocenters. The van der Waals surface area contributed by atoms with Crippen molar-refractivity contribution in [3.63, 3.8) is 0 Å². The molecule has 0 spiro atoms. The van der Waals surface area contributed by atoms with Gasteiger partial charge in [0.15, 0.2) is 5.15 Å². The number of nitrogens with zero attached hydrogens (tertiary/aromatic N) is 2. The summed E-state index contributed by atoms with van der Waals surface area (Å²) in [6.07, 6.45) is 4.49. The summed E-state index contributed by atoms with van der Waals surface area (Å²) in [7, 11) is -2.35. The molecule has 1 aromatic carbocycles. The lowest BCUT2D eigenvalue weighted by atomic mass is 9.87. The number of sulfonamides is 1. The highest BCUT2D eigenvalue weighted by molar-refractivity contribution is 7.92. The molecule has 2 heterocycles. The molecule has 0 aliphatic rings. The van der Waals surface area contributed by atoms with E-state index < -0.39 is 10.0 Å². The van der Waals surface area contributed by atoms with Gasteiger partial charge < -0.3 is 5.32 Å². The van der Waals surface area contributed by atoms with Crippen LogP contribution in [0.2, 0.25) is 5.15 Å². The van der Waals surface area contributed by atoms with Crippen molar-refractivity contribution in [3.8, 4) is 11.1 Å². The second-order valence-electron chi connectivity index (χ2n) is 7.98. The van der Waals surface area contributed by atoms with E-state index in [-0.39, 0.29) is 27.1 Å². The van der Waals surface area contributed by atoms with E-state index in [9.17, 15) is 13.2 Å². The number of rotatable bonds is 5. The first kappa shape index (κ1) is 22.7. The Morgan fingerprint density at radius 1 is 1.00 bits per heavy atom. The smallest absolute Gasteiger partial charge is 0.261 e. The van der Waals surface area contributed by atoms with E-state index >= 15 is 0 Å². The van der Waals surface area contributed by atoms with Gasteiger partial charge >= 0.3 is 0 Å². The van der Waals surface area contributed by atoms with Gasteiger partial charge in [-0.3, -0.25) is 14.5 Å². The molecule has 0 saturated heterocycles. The average Bonchev–Trinajstić information content (AvgIpc) is 2.74. The molecule has 3 aromatic rings. The van der Waals surface area contributed by atoms with Gasteiger partial charge in [0.25, 0.3) is 15.9 Å². The fourth-order valence-electron chi connectivity index (χ4n) is 2.88. The predicted octanol–water partition coefficient (Wildman–Crippen LogP) is 4.25. The van der Waals surface area contributed by atoms with Crippen LogP contribution in [0.25, 0.3) is 11.1 Å². The summed E-state index contributed by atoms with van der Waals surface area (Å²) in [5, 5.41) is 2.54. The number of amides is 1. The molecule has 0 aliphatic heterocycles. The van der Waals surface area contributed by atoms with Gasteiger partial charge in [0, 0.05) is 36.8 Å². The second kappa shape index (κ2) is 8.64. The summed E-state index contributed by atoms with van der Waals surface area (Å²) in [4.78, 5) is 20.1. The van der Waals surface area contributed by atoms with Crippen LogP contribution in [0.3, 0.4) is 0 Å². The highest BCUT2D eigenvalue weighted by Gasteiger charge is 2.19. The summed E-state index contributed by atoms with van der Waals surface area (Å²) in [5.41, 5.74) is 2.59. The lowest BCUT2D eigenvalue weighted by molar-refractivity contribution is 0.0962. The molecule has 7 nitrogen and oxygen atoms in total. The Kier molecular flexibility index (Phi) is 6.33. The standard InChI is InChI=1S/C22H23ClN4O3S/c1-22(2,3)17-5-7-18(8-6-17)31(29,30)27-19-10-15(13-26-20(19)23)14-9-16(12-25-11-14)21(28)24-4/h5-13,27H,1-4H3,(H,24,28). The van der Waals surface area contributed by atoms with Crippen molar-refractivity contribution in [2.45, 2.75) is 31.1 Å². The first-order chi connectivity index (χ1) is 14.5. The molecule has 0 aliphatic carbocycles. The number of halogens is 1. The number of aromatic nitrogens is 2. The van der Waals surface area contributed by atoms with Crippen LogP contribution in [0.4, 0.5) is 5.69 Å². The number of anilines is 1. The van der Waals surface area contributed by atoms with Crippen molar-refractivity contribution >= 4 is 33.2 Å². The van der Waals surface area contributed by atoms with Crippen LogP contribution in [0.1, 0.15) is 36.7 Å². The first-order valence-corrected chi connectivity index (χ1v) is 11.3. The minimum absolute atomic E-state index is 0.00838. The number of nitrogens with one attached hydrogen (secondary N) is 2. The van der Waals surface area contributed by atoms with E-state index in [1.807, 2.05) is 0 Å². The zero-order valence-electron chi connectivity index (χ0n) is 17.6. The van der Waals surface area contributed by atoms with Crippen LogP contribution >= 0.6 is 11.6 Å². The van der Waals surface area contributed by atoms with E-state index in [0.717, 1.165) is 5.56 Å². The summed E-state index contributed by atoms with van der Waals surface area (Å²) in [6.45, 7) is 6.17. The van der Waals surface area contributed by atoms with Crippen LogP contribution in [0.15, 0.2) is 59.9 Å². The van der Waals surface area contributed by atoms with Gasteiger partial charge in [0.1, 0.15) is 0 Å². The van der Waals surface area contributed by atoms with E-state index in [0.29, 0.717) is 16.7 Å². The Morgan fingerprint density at radius 3 is 2.26 bits per heavy atom. The van der Waals surface area contributed by atoms with E-state index in [4.69, 9.17) is 11.6 Å². The average molecular weight is 459 g/mol. The fraction of sp³-hybridized carbons (Fsp3) is 0.227. The van der Waals surface area contributed by atoms with Crippen LogP contribution < -0.4 is 10.0 Å². The lowest BCUT2D eigenvalue weighted by Crippen LogP contribution is -2.17.